The molecule has 5 nitrogen and oxygen atoms in total. The second kappa shape index (κ2) is 4.80. The Bertz CT molecular complexity index is 838. The van der Waals surface area contributed by atoms with E-state index in [2.05, 4.69) is 9.97 Å². The number of benzene rings is 2. The molecule has 0 atom stereocenters. The van der Waals surface area contributed by atoms with Gasteiger partial charge in [0.1, 0.15) is 11.6 Å². The normalized spacial score (nSPS) is 12.2. The molecule has 2 aromatic carbocycles. The van der Waals surface area contributed by atoms with Crippen LogP contribution in [-0.2, 0) is 6.42 Å². The van der Waals surface area contributed by atoms with Crippen molar-refractivity contribution < 1.29 is 14.6 Å². The summed E-state index contributed by atoms with van der Waals surface area (Å²) in [4.78, 5) is 7.80. The molecule has 0 bridgehead atoms. The molecule has 0 unspecified atom stereocenters. The number of nitrogens with one attached hydrogen (secondary N) is 1. The molecular weight excluding hydrogens is 280 g/mol. The first-order valence-electron chi connectivity index (χ1n) is 6.96. The third-order valence-corrected chi connectivity index (χ3v) is 3.73. The Morgan fingerprint density at radius 3 is 2.77 bits per heavy atom. The monoisotopic (exact) mass is 294 g/mol. The van der Waals surface area contributed by atoms with Crippen LogP contribution in [0.2, 0.25) is 0 Å². The number of aromatic amines is 1. The standard InChI is InChI=1S/C17H14N2O3/c1-21-14-4-2-3-11-9-13-17(22-15(11)14)19-16(18-13)10-5-7-12(20)8-6-10/h2-8,20H,9H2,1H3,(H,18,19). The van der Waals surface area contributed by atoms with Crippen LogP contribution in [-0.4, -0.2) is 22.2 Å². The van der Waals surface area contributed by atoms with Crippen molar-refractivity contribution in [3.8, 4) is 34.5 Å². The number of hydrogen-bond acceptors (Lipinski definition) is 4. The lowest BCUT2D eigenvalue weighted by Crippen LogP contribution is -2.04. The molecule has 1 aliphatic heterocycles. The van der Waals surface area contributed by atoms with Crippen molar-refractivity contribution in [3.63, 3.8) is 0 Å². The number of imidazole rings is 1. The number of fused-ring (bicyclic) bond motifs is 2. The van der Waals surface area contributed by atoms with Gasteiger partial charge in [-0.05, 0) is 30.3 Å². The van der Waals surface area contributed by atoms with Gasteiger partial charge in [-0.1, -0.05) is 12.1 Å². The van der Waals surface area contributed by atoms with E-state index >= 15 is 0 Å². The molecule has 0 aliphatic carbocycles. The lowest BCUT2D eigenvalue weighted by Gasteiger charge is -2.17. The van der Waals surface area contributed by atoms with Crippen molar-refractivity contribution in [1.29, 1.82) is 0 Å². The highest BCUT2D eigenvalue weighted by atomic mass is 16.5. The zero-order chi connectivity index (χ0) is 15.1. The molecule has 5 heteroatoms. The summed E-state index contributed by atoms with van der Waals surface area (Å²) in [6.07, 6.45) is 0.715. The van der Waals surface area contributed by atoms with E-state index in [1.807, 2.05) is 30.3 Å². The summed E-state index contributed by atoms with van der Waals surface area (Å²) in [5.74, 6) is 2.95. The number of phenolic OH excluding ortho intramolecular Hbond substituents is 1. The van der Waals surface area contributed by atoms with Crippen LogP contribution in [0.5, 0.6) is 23.1 Å². The number of H-pyrrole nitrogens is 1. The largest absolute Gasteiger partial charge is 0.508 e. The Morgan fingerprint density at radius 2 is 2.00 bits per heavy atom. The highest BCUT2D eigenvalue weighted by molar-refractivity contribution is 5.60. The van der Waals surface area contributed by atoms with Gasteiger partial charge in [-0.2, -0.15) is 4.98 Å². The van der Waals surface area contributed by atoms with Crippen LogP contribution in [0.3, 0.4) is 0 Å². The molecule has 22 heavy (non-hydrogen) atoms. The van der Waals surface area contributed by atoms with E-state index in [-0.39, 0.29) is 5.75 Å². The van der Waals surface area contributed by atoms with Gasteiger partial charge in [0.25, 0.3) is 0 Å². The summed E-state index contributed by atoms with van der Waals surface area (Å²) in [7, 11) is 1.63. The van der Waals surface area contributed by atoms with Gasteiger partial charge >= 0.3 is 0 Å². The summed E-state index contributed by atoms with van der Waals surface area (Å²) in [6.45, 7) is 0. The Balaban J connectivity index is 1.74. The van der Waals surface area contributed by atoms with Gasteiger partial charge in [-0.3, -0.25) is 0 Å². The van der Waals surface area contributed by atoms with Crippen molar-refractivity contribution >= 4 is 0 Å². The molecule has 0 saturated carbocycles. The summed E-state index contributed by atoms with van der Waals surface area (Å²) in [5.41, 5.74) is 2.89. The number of para-hydroxylation sites is 1. The fraction of sp³-hybridized carbons (Fsp3) is 0.118. The molecule has 1 aliphatic rings. The second-order valence-electron chi connectivity index (χ2n) is 5.14. The number of hydrogen-bond donors (Lipinski definition) is 2. The van der Waals surface area contributed by atoms with E-state index in [9.17, 15) is 5.11 Å². The van der Waals surface area contributed by atoms with Crippen LogP contribution in [0.1, 0.15) is 11.3 Å². The van der Waals surface area contributed by atoms with Crippen LogP contribution >= 0.6 is 0 Å². The Morgan fingerprint density at radius 1 is 1.18 bits per heavy atom. The molecule has 2 N–H and O–H groups in total. The van der Waals surface area contributed by atoms with Crippen LogP contribution in [0.25, 0.3) is 11.4 Å². The first-order chi connectivity index (χ1) is 10.7. The average molecular weight is 294 g/mol. The van der Waals surface area contributed by atoms with Crippen LogP contribution in [0, 0.1) is 0 Å². The Hall–Kier alpha value is -2.95. The molecule has 110 valence electrons. The van der Waals surface area contributed by atoms with Gasteiger partial charge in [-0.15, -0.1) is 0 Å². The van der Waals surface area contributed by atoms with Gasteiger partial charge in [0, 0.05) is 17.5 Å². The van der Waals surface area contributed by atoms with E-state index in [0.717, 1.165) is 28.4 Å². The topological polar surface area (TPSA) is 67.4 Å². The minimum Gasteiger partial charge on any atom is -0.508 e. The highest BCUT2D eigenvalue weighted by Crippen LogP contribution is 2.41. The minimum absolute atomic E-state index is 0.230. The number of aromatic nitrogens is 2. The average Bonchev–Trinajstić information content (AvgIpc) is 2.95. The molecule has 0 saturated heterocycles. The van der Waals surface area contributed by atoms with E-state index in [1.165, 1.54) is 0 Å². The quantitative estimate of drug-likeness (QED) is 0.594. The Labute approximate surface area is 127 Å². The lowest BCUT2D eigenvalue weighted by molar-refractivity contribution is 0.366. The van der Waals surface area contributed by atoms with Gasteiger partial charge in [0.15, 0.2) is 11.5 Å². The maximum atomic E-state index is 9.37. The van der Waals surface area contributed by atoms with E-state index in [1.54, 1.807) is 19.2 Å². The fourth-order valence-electron chi connectivity index (χ4n) is 2.62. The second-order valence-corrected chi connectivity index (χ2v) is 5.14. The van der Waals surface area contributed by atoms with E-state index in [0.29, 0.717) is 18.1 Å². The molecule has 0 fully saturated rings. The molecule has 3 aromatic rings. The van der Waals surface area contributed by atoms with Crippen LogP contribution in [0.15, 0.2) is 42.5 Å². The van der Waals surface area contributed by atoms with Gasteiger partial charge in [-0.25, -0.2) is 0 Å². The lowest BCUT2D eigenvalue weighted by atomic mass is 10.1. The number of rotatable bonds is 2. The first-order valence-corrected chi connectivity index (χ1v) is 6.96. The minimum atomic E-state index is 0.230. The summed E-state index contributed by atoms with van der Waals surface area (Å²) in [6, 6.07) is 12.7. The van der Waals surface area contributed by atoms with Gasteiger partial charge < -0.3 is 19.6 Å². The number of ether oxygens (including phenoxy) is 2. The van der Waals surface area contributed by atoms with E-state index < -0.39 is 0 Å². The third-order valence-electron chi connectivity index (χ3n) is 3.73. The zero-order valence-electron chi connectivity index (χ0n) is 12.0. The SMILES string of the molecule is COc1cccc2c1Oc1nc(-c3ccc(O)cc3)[nH]c1C2. The molecule has 0 spiro atoms. The molecule has 0 radical (unpaired) electrons. The molecule has 2 heterocycles. The number of phenols is 1. The summed E-state index contributed by atoms with van der Waals surface area (Å²) >= 11 is 0. The number of methoxy groups -OCH3 is 1. The van der Waals surface area contributed by atoms with Gasteiger partial charge in [0.2, 0.25) is 5.88 Å². The van der Waals surface area contributed by atoms with Gasteiger partial charge in [0.05, 0.1) is 12.8 Å². The van der Waals surface area contributed by atoms with Crippen molar-refractivity contribution in [2.24, 2.45) is 0 Å². The third kappa shape index (κ3) is 1.98. The van der Waals surface area contributed by atoms with Crippen molar-refractivity contribution in [1.82, 2.24) is 9.97 Å². The maximum Gasteiger partial charge on any atom is 0.241 e. The number of aromatic hydroxyl groups is 1. The van der Waals surface area contributed by atoms with Crippen molar-refractivity contribution in [2.45, 2.75) is 6.42 Å². The van der Waals surface area contributed by atoms with E-state index in [4.69, 9.17) is 9.47 Å². The number of nitrogens with zero attached hydrogens (tertiary/aromatic N) is 1. The molecular formula is C17H14N2O3. The van der Waals surface area contributed by atoms with Crippen molar-refractivity contribution in [3.05, 3.63) is 53.7 Å². The van der Waals surface area contributed by atoms with Crippen LogP contribution < -0.4 is 9.47 Å². The smallest absolute Gasteiger partial charge is 0.241 e. The predicted octanol–water partition coefficient (Wildman–Crippen LogP) is 3.49. The molecule has 1 aromatic heterocycles. The zero-order valence-corrected chi connectivity index (χ0v) is 12.0. The predicted molar refractivity (Wildman–Crippen MR) is 81.6 cm³/mol. The Kier molecular flexibility index (Phi) is 2.79. The summed E-state index contributed by atoms with van der Waals surface area (Å²) < 4.78 is 11.3. The van der Waals surface area contributed by atoms with Crippen molar-refractivity contribution in [2.75, 3.05) is 7.11 Å². The maximum absolute atomic E-state index is 9.37. The first kappa shape index (κ1) is 12.8. The van der Waals surface area contributed by atoms with Crippen LogP contribution in [0.4, 0.5) is 0 Å². The molecule has 4 rings (SSSR count). The highest BCUT2D eigenvalue weighted by Gasteiger charge is 2.24. The fourth-order valence-corrected chi connectivity index (χ4v) is 2.62. The molecule has 0 amide bonds. The summed E-state index contributed by atoms with van der Waals surface area (Å²) in [5, 5.41) is 9.37.